The number of methoxy groups -OCH3 is 1. The van der Waals surface area contributed by atoms with Crippen LogP contribution >= 0.6 is 0 Å². The lowest BCUT2D eigenvalue weighted by molar-refractivity contribution is 0.143. The molecule has 4 heteroatoms. The van der Waals surface area contributed by atoms with Crippen molar-refractivity contribution in [3.8, 4) is 11.9 Å². The van der Waals surface area contributed by atoms with E-state index in [2.05, 4.69) is 4.98 Å². The smallest absolute Gasteiger partial charge is 0.214 e. The molecule has 68 valence electrons. The topological polar surface area (TPSA) is 55.1 Å². The van der Waals surface area contributed by atoms with E-state index in [1.165, 1.54) is 0 Å². The van der Waals surface area contributed by atoms with Crippen LogP contribution in [0.4, 0.5) is 0 Å². The second-order valence-electron chi connectivity index (χ2n) is 2.34. The fourth-order valence-corrected chi connectivity index (χ4v) is 0.787. The van der Waals surface area contributed by atoms with E-state index < -0.39 is 0 Å². The number of hydrogen-bond acceptors (Lipinski definition) is 4. The monoisotopic (exact) mass is 178 g/mol. The largest absolute Gasteiger partial charge is 0.475 e. The quantitative estimate of drug-likeness (QED) is 0.645. The summed E-state index contributed by atoms with van der Waals surface area (Å²) >= 11 is 0. The molecule has 1 rings (SSSR count). The molecule has 0 aromatic carbocycles. The van der Waals surface area contributed by atoms with Crippen LogP contribution < -0.4 is 4.74 Å². The molecular formula is C9H10N2O2. The van der Waals surface area contributed by atoms with Gasteiger partial charge in [0.05, 0.1) is 18.2 Å². The van der Waals surface area contributed by atoms with Crippen molar-refractivity contribution in [2.24, 2.45) is 0 Å². The van der Waals surface area contributed by atoms with Gasteiger partial charge in [0.15, 0.2) is 0 Å². The van der Waals surface area contributed by atoms with Gasteiger partial charge < -0.3 is 9.47 Å². The summed E-state index contributed by atoms with van der Waals surface area (Å²) in [6.07, 6.45) is 1.54. The average molecular weight is 178 g/mol. The highest BCUT2D eigenvalue weighted by molar-refractivity contribution is 5.31. The fourth-order valence-electron chi connectivity index (χ4n) is 0.787. The third kappa shape index (κ3) is 3.09. The number of pyridine rings is 1. The first kappa shape index (κ1) is 9.49. The van der Waals surface area contributed by atoms with Crippen molar-refractivity contribution in [1.82, 2.24) is 4.98 Å². The van der Waals surface area contributed by atoms with E-state index in [9.17, 15) is 0 Å². The Morgan fingerprint density at radius 2 is 2.38 bits per heavy atom. The van der Waals surface area contributed by atoms with Crippen LogP contribution in [-0.4, -0.2) is 25.3 Å². The summed E-state index contributed by atoms with van der Waals surface area (Å²) in [4.78, 5) is 3.93. The standard InChI is InChI=1S/C9H10N2O2/c1-12-4-5-13-9-6-8(7-10)2-3-11-9/h2-3,6H,4-5H2,1H3. The minimum Gasteiger partial charge on any atom is -0.475 e. The Bertz CT molecular complexity index is 307. The third-order valence-electron chi connectivity index (χ3n) is 1.40. The molecule has 4 nitrogen and oxygen atoms in total. The van der Waals surface area contributed by atoms with Crippen molar-refractivity contribution < 1.29 is 9.47 Å². The summed E-state index contributed by atoms with van der Waals surface area (Å²) in [7, 11) is 1.60. The van der Waals surface area contributed by atoms with Crippen molar-refractivity contribution in [2.75, 3.05) is 20.3 Å². The van der Waals surface area contributed by atoms with Gasteiger partial charge in [-0.25, -0.2) is 4.98 Å². The molecule has 0 spiro atoms. The molecule has 0 unspecified atom stereocenters. The first-order valence-corrected chi connectivity index (χ1v) is 3.84. The van der Waals surface area contributed by atoms with E-state index in [0.29, 0.717) is 24.7 Å². The highest BCUT2D eigenvalue weighted by atomic mass is 16.5. The second kappa shape index (κ2) is 5.12. The molecule has 13 heavy (non-hydrogen) atoms. The number of ether oxygens (including phenoxy) is 2. The Balaban J connectivity index is 2.52. The van der Waals surface area contributed by atoms with Gasteiger partial charge in [0.25, 0.3) is 0 Å². The van der Waals surface area contributed by atoms with Crippen LogP contribution in [-0.2, 0) is 4.74 Å². The third-order valence-corrected chi connectivity index (χ3v) is 1.40. The zero-order valence-corrected chi connectivity index (χ0v) is 7.36. The van der Waals surface area contributed by atoms with Crippen molar-refractivity contribution in [3.05, 3.63) is 23.9 Å². The van der Waals surface area contributed by atoms with Gasteiger partial charge in [-0.1, -0.05) is 0 Å². The maximum Gasteiger partial charge on any atom is 0.214 e. The summed E-state index contributed by atoms with van der Waals surface area (Å²) in [5.74, 6) is 0.455. The Hall–Kier alpha value is -1.60. The van der Waals surface area contributed by atoms with E-state index >= 15 is 0 Å². The highest BCUT2D eigenvalue weighted by Gasteiger charge is 1.96. The van der Waals surface area contributed by atoms with Crippen molar-refractivity contribution in [2.45, 2.75) is 0 Å². The normalized spacial score (nSPS) is 9.23. The number of rotatable bonds is 4. The van der Waals surface area contributed by atoms with E-state index in [4.69, 9.17) is 14.7 Å². The van der Waals surface area contributed by atoms with Crippen molar-refractivity contribution in [1.29, 1.82) is 5.26 Å². The molecule has 0 saturated carbocycles. The van der Waals surface area contributed by atoms with Gasteiger partial charge >= 0.3 is 0 Å². The molecule has 1 heterocycles. The van der Waals surface area contributed by atoms with E-state index in [1.807, 2.05) is 6.07 Å². The number of nitriles is 1. The maximum absolute atomic E-state index is 8.58. The van der Waals surface area contributed by atoms with Gasteiger partial charge in [-0.2, -0.15) is 5.26 Å². The molecule has 1 aromatic rings. The average Bonchev–Trinajstić information content (AvgIpc) is 2.19. The van der Waals surface area contributed by atoms with Crippen LogP contribution in [0.25, 0.3) is 0 Å². The summed E-state index contributed by atoms with van der Waals surface area (Å²) in [6, 6.07) is 5.23. The minimum absolute atomic E-state index is 0.443. The number of nitrogens with zero attached hydrogens (tertiary/aromatic N) is 2. The molecule has 0 fully saturated rings. The molecule has 0 saturated heterocycles. The van der Waals surface area contributed by atoms with Crippen LogP contribution in [0.15, 0.2) is 18.3 Å². The Morgan fingerprint density at radius 3 is 3.08 bits per heavy atom. The van der Waals surface area contributed by atoms with Gasteiger partial charge in [-0.05, 0) is 6.07 Å². The fraction of sp³-hybridized carbons (Fsp3) is 0.333. The molecule has 0 bridgehead atoms. The van der Waals surface area contributed by atoms with Gasteiger partial charge in [0.1, 0.15) is 6.61 Å². The Labute approximate surface area is 76.7 Å². The molecule has 0 N–H and O–H groups in total. The predicted molar refractivity (Wildman–Crippen MR) is 46.3 cm³/mol. The van der Waals surface area contributed by atoms with Crippen LogP contribution in [0, 0.1) is 11.3 Å². The lowest BCUT2D eigenvalue weighted by Gasteiger charge is -2.03. The van der Waals surface area contributed by atoms with Crippen molar-refractivity contribution in [3.63, 3.8) is 0 Å². The van der Waals surface area contributed by atoms with E-state index in [0.717, 1.165) is 0 Å². The Kier molecular flexibility index (Phi) is 3.74. The van der Waals surface area contributed by atoms with Crippen LogP contribution in [0.2, 0.25) is 0 Å². The summed E-state index contributed by atoms with van der Waals surface area (Å²) in [5.41, 5.74) is 0.544. The van der Waals surface area contributed by atoms with Gasteiger partial charge in [-0.15, -0.1) is 0 Å². The molecule has 0 radical (unpaired) electrons. The predicted octanol–water partition coefficient (Wildman–Crippen LogP) is 0.978. The summed E-state index contributed by atoms with van der Waals surface area (Å²) < 4.78 is 10.0. The SMILES string of the molecule is COCCOc1cc(C#N)ccn1. The van der Waals surface area contributed by atoms with Gasteiger partial charge in [0, 0.05) is 19.4 Å². The van der Waals surface area contributed by atoms with Gasteiger partial charge in [-0.3, -0.25) is 0 Å². The minimum atomic E-state index is 0.443. The number of aromatic nitrogens is 1. The molecule has 0 atom stereocenters. The zero-order chi connectivity index (χ0) is 9.52. The molecule has 0 amide bonds. The lowest BCUT2D eigenvalue weighted by Crippen LogP contribution is -2.05. The first-order chi connectivity index (χ1) is 6.36. The van der Waals surface area contributed by atoms with Crippen LogP contribution in [0.3, 0.4) is 0 Å². The van der Waals surface area contributed by atoms with E-state index in [-0.39, 0.29) is 0 Å². The second-order valence-corrected chi connectivity index (χ2v) is 2.34. The first-order valence-electron chi connectivity index (χ1n) is 3.84. The molecule has 1 aromatic heterocycles. The maximum atomic E-state index is 8.58. The van der Waals surface area contributed by atoms with Gasteiger partial charge in [0.2, 0.25) is 5.88 Å². The molecule has 0 aliphatic carbocycles. The summed E-state index contributed by atoms with van der Waals surface area (Å²) in [6.45, 7) is 0.955. The molecule has 0 aliphatic heterocycles. The van der Waals surface area contributed by atoms with Crippen molar-refractivity contribution >= 4 is 0 Å². The Morgan fingerprint density at radius 1 is 1.54 bits per heavy atom. The van der Waals surface area contributed by atoms with Crippen LogP contribution in [0.5, 0.6) is 5.88 Å². The van der Waals surface area contributed by atoms with E-state index in [1.54, 1.807) is 25.4 Å². The van der Waals surface area contributed by atoms with Crippen LogP contribution in [0.1, 0.15) is 5.56 Å². The summed E-state index contributed by atoms with van der Waals surface area (Å²) in [5, 5.41) is 8.58. The zero-order valence-electron chi connectivity index (χ0n) is 7.36. The lowest BCUT2D eigenvalue weighted by atomic mass is 10.3. The highest BCUT2D eigenvalue weighted by Crippen LogP contribution is 2.07. The molecular weight excluding hydrogens is 168 g/mol. The molecule has 0 aliphatic rings. The number of hydrogen-bond donors (Lipinski definition) is 0.